The summed E-state index contributed by atoms with van der Waals surface area (Å²) < 4.78 is 61.0. The van der Waals surface area contributed by atoms with E-state index in [0.717, 1.165) is 0 Å². The smallest absolute Gasteiger partial charge is 0.540 e. The van der Waals surface area contributed by atoms with Crippen molar-refractivity contribution in [1.29, 1.82) is 0 Å². The van der Waals surface area contributed by atoms with E-state index >= 15 is 0 Å². The zero-order valence-corrected chi connectivity index (χ0v) is 16.4. The highest BCUT2D eigenvalue weighted by Crippen LogP contribution is 2.45. The highest BCUT2D eigenvalue weighted by Gasteiger charge is 2.47. The minimum absolute atomic E-state index is 0.0138. The first-order valence-corrected chi connectivity index (χ1v) is 10.4. The molecule has 0 bridgehead atoms. The first-order chi connectivity index (χ1) is 11.4. The Balaban J connectivity index is 3.37. The number of rotatable bonds is 7. The normalized spacial score (nSPS) is 13.7. The van der Waals surface area contributed by atoms with Crippen LogP contribution in [0.5, 0.6) is 0 Å². The molecule has 0 radical (unpaired) electrons. The van der Waals surface area contributed by atoms with Gasteiger partial charge in [-0.3, -0.25) is 0 Å². The average Bonchev–Trinajstić information content (AvgIpc) is 2.46. The van der Waals surface area contributed by atoms with Crippen LogP contribution in [-0.2, 0) is 9.16 Å². The third-order valence-electron chi connectivity index (χ3n) is 4.42. The molecule has 0 fully saturated rings. The van der Waals surface area contributed by atoms with Gasteiger partial charge < -0.3 is 9.16 Å². The van der Waals surface area contributed by atoms with Gasteiger partial charge in [0.1, 0.15) is 17.8 Å². The van der Waals surface area contributed by atoms with Crippen LogP contribution < -0.4 is 0 Å². The van der Waals surface area contributed by atoms with Crippen LogP contribution in [0.2, 0.25) is 16.6 Å². The summed E-state index contributed by atoms with van der Waals surface area (Å²) in [4.78, 5) is 0. The Bertz CT molecular complexity index is 556. The molecule has 0 saturated heterocycles. The Kier molecular flexibility index (Phi) is 7.11. The van der Waals surface area contributed by atoms with Gasteiger partial charge in [-0.15, -0.1) is 13.2 Å². The third kappa shape index (κ3) is 5.49. The molecule has 25 heavy (non-hydrogen) atoms. The van der Waals surface area contributed by atoms with E-state index in [4.69, 9.17) is 4.43 Å². The van der Waals surface area contributed by atoms with E-state index in [1.165, 1.54) is 24.3 Å². The molecule has 0 N–H and O–H groups in total. The topological polar surface area (TPSA) is 18.5 Å². The van der Waals surface area contributed by atoms with Gasteiger partial charge in [0.05, 0.1) is 0 Å². The summed E-state index contributed by atoms with van der Waals surface area (Å²) in [5.41, 5.74) is 0.858. The molecule has 0 heterocycles. The maximum absolute atomic E-state index is 13.2. The van der Waals surface area contributed by atoms with Crippen molar-refractivity contribution in [3.05, 3.63) is 41.9 Å². The van der Waals surface area contributed by atoms with E-state index in [0.29, 0.717) is 11.8 Å². The number of benzene rings is 1. The monoisotopic (exact) mass is 378 g/mol. The Hall–Kier alpha value is -1.50. The Morgan fingerprint density at radius 2 is 1.36 bits per heavy atom. The van der Waals surface area contributed by atoms with Gasteiger partial charge in [0.15, 0.2) is 0 Å². The van der Waals surface area contributed by atoms with Crippen molar-refractivity contribution in [1.82, 2.24) is 0 Å². The highest BCUT2D eigenvalue weighted by atomic mass is 28.4. The van der Waals surface area contributed by atoms with E-state index in [1.807, 2.05) is 41.5 Å². The SMILES string of the molecule is CC(C)[Si](OC(=COC(F)(F)F)c1ccc(F)cc1)(C(C)C)C(C)C. The minimum atomic E-state index is -4.81. The van der Waals surface area contributed by atoms with Gasteiger partial charge in [-0.05, 0) is 40.9 Å². The predicted molar refractivity (Wildman–Crippen MR) is 93.7 cm³/mol. The van der Waals surface area contributed by atoms with Crippen LogP contribution in [0.4, 0.5) is 17.6 Å². The van der Waals surface area contributed by atoms with E-state index < -0.39 is 20.5 Å². The number of halogens is 4. The molecule has 142 valence electrons. The zero-order chi connectivity index (χ0) is 19.4. The van der Waals surface area contributed by atoms with Crippen LogP contribution >= 0.6 is 0 Å². The molecule has 7 heteroatoms. The lowest BCUT2D eigenvalue weighted by Gasteiger charge is -2.42. The molecule has 0 atom stereocenters. The van der Waals surface area contributed by atoms with Gasteiger partial charge in [-0.2, -0.15) is 0 Å². The van der Waals surface area contributed by atoms with Crippen LogP contribution in [0.15, 0.2) is 30.5 Å². The van der Waals surface area contributed by atoms with E-state index in [-0.39, 0.29) is 22.4 Å². The van der Waals surface area contributed by atoms with Crippen molar-refractivity contribution >= 4 is 14.1 Å². The Labute approximate surface area is 148 Å². The number of alkyl halides is 3. The summed E-state index contributed by atoms with van der Waals surface area (Å²) >= 11 is 0. The molecule has 0 aromatic heterocycles. The van der Waals surface area contributed by atoms with Crippen LogP contribution in [0.1, 0.15) is 47.1 Å². The minimum Gasteiger partial charge on any atom is -0.540 e. The zero-order valence-electron chi connectivity index (χ0n) is 15.4. The van der Waals surface area contributed by atoms with Crippen molar-refractivity contribution in [3.8, 4) is 0 Å². The second-order valence-electron chi connectivity index (χ2n) is 6.97. The molecule has 0 unspecified atom stereocenters. The van der Waals surface area contributed by atoms with Crippen molar-refractivity contribution in [2.45, 2.75) is 64.5 Å². The fourth-order valence-corrected chi connectivity index (χ4v) is 8.68. The van der Waals surface area contributed by atoms with Crippen molar-refractivity contribution < 1.29 is 26.7 Å². The van der Waals surface area contributed by atoms with Gasteiger partial charge in [0, 0.05) is 5.56 Å². The molecule has 1 aromatic carbocycles. The summed E-state index contributed by atoms with van der Waals surface area (Å²) in [6, 6.07) is 5.15. The lowest BCUT2D eigenvalue weighted by atomic mass is 10.2. The maximum atomic E-state index is 13.2. The summed E-state index contributed by atoms with van der Waals surface area (Å²) in [6.07, 6.45) is -4.23. The maximum Gasteiger partial charge on any atom is 0.572 e. The van der Waals surface area contributed by atoms with Crippen molar-refractivity contribution in [3.63, 3.8) is 0 Å². The summed E-state index contributed by atoms with van der Waals surface area (Å²) in [5.74, 6) is -0.486. The lowest BCUT2D eigenvalue weighted by Crippen LogP contribution is -2.47. The van der Waals surface area contributed by atoms with Crippen LogP contribution in [0.3, 0.4) is 0 Å². The largest absolute Gasteiger partial charge is 0.572 e. The quantitative estimate of drug-likeness (QED) is 0.293. The fourth-order valence-electron chi connectivity index (χ4n) is 3.43. The fraction of sp³-hybridized carbons (Fsp3) is 0.556. The van der Waals surface area contributed by atoms with Crippen LogP contribution in [0.25, 0.3) is 5.76 Å². The molecule has 0 saturated carbocycles. The van der Waals surface area contributed by atoms with Gasteiger partial charge in [0.25, 0.3) is 8.32 Å². The second kappa shape index (κ2) is 8.25. The first-order valence-electron chi connectivity index (χ1n) is 8.29. The van der Waals surface area contributed by atoms with Gasteiger partial charge in [-0.25, -0.2) is 4.39 Å². The van der Waals surface area contributed by atoms with Crippen LogP contribution in [-0.4, -0.2) is 14.7 Å². The molecule has 0 spiro atoms. The average molecular weight is 378 g/mol. The van der Waals surface area contributed by atoms with E-state index in [9.17, 15) is 17.6 Å². The summed E-state index contributed by atoms with van der Waals surface area (Å²) in [5, 5.41) is 0. The van der Waals surface area contributed by atoms with Crippen molar-refractivity contribution in [2.75, 3.05) is 0 Å². The Morgan fingerprint density at radius 3 is 1.72 bits per heavy atom. The number of hydrogen-bond donors (Lipinski definition) is 0. The molecule has 0 aliphatic heterocycles. The molecule has 2 nitrogen and oxygen atoms in total. The number of hydrogen-bond acceptors (Lipinski definition) is 2. The van der Waals surface area contributed by atoms with Gasteiger partial charge in [-0.1, -0.05) is 41.5 Å². The first kappa shape index (κ1) is 21.5. The van der Waals surface area contributed by atoms with E-state index in [2.05, 4.69) is 4.74 Å². The third-order valence-corrected chi connectivity index (χ3v) is 10.4. The molecule has 0 amide bonds. The summed E-state index contributed by atoms with van der Waals surface area (Å²) in [6.45, 7) is 12.2. The number of ether oxygens (including phenoxy) is 1. The summed E-state index contributed by atoms with van der Waals surface area (Å²) in [7, 11) is -2.49. The standard InChI is InChI=1S/C18H26F4O2Si/c1-12(2)25(13(3)4,14(5)6)24-17(11-23-18(20,21)22)15-7-9-16(19)10-8-15/h7-14H,1-6H3. The lowest BCUT2D eigenvalue weighted by molar-refractivity contribution is -0.298. The van der Waals surface area contributed by atoms with E-state index in [1.54, 1.807) is 0 Å². The Morgan fingerprint density at radius 1 is 0.920 bits per heavy atom. The van der Waals surface area contributed by atoms with Gasteiger partial charge in [0.2, 0.25) is 0 Å². The highest BCUT2D eigenvalue weighted by molar-refractivity contribution is 6.78. The molecule has 1 rings (SSSR count). The van der Waals surface area contributed by atoms with Crippen molar-refractivity contribution in [2.24, 2.45) is 0 Å². The second-order valence-corrected chi connectivity index (χ2v) is 12.3. The van der Waals surface area contributed by atoms with Crippen LogP contribution in [0, 0.1) is 5.82 Å². The van der Waals surface area contributed by atoms with Gasteiger partial charge >= 0.3 is 6.36 Å². The molecule has 0 aliphatic rings. The molecule has 1 aromatic rings. The molecule has 0 aliphatic carbocycles. The predicted octanol–water partition coefficient (Wildman–Crippen LogP) is 6.85. The molecular formula is C18H26F4O2Si. The molecular weight excluding hydrogens is 352 g/mol.